The van der Waals surface area contributed by atoms with Crippen molar-refractivity contribution in [3.8, 4) is 11.5 Å². The first-order valence-electron chi connectivity index (χ1n) is 6.78. The van der Waals surface area contributed by atoms with E-state index in [1.807, 2.05) is 12.1 Å². The molecule has 0 saturated carbocycles. The number of nitrogens with one attached hydrogen (secondary N) is 1. The second kappa shape index (κ2) is 6.64. The summed E-state index contributed by atoms with van der Waals surface area (Å²) in [6.07, 6.45) is 6.16. The van der Waals surface area contributed by atoms with Crippen molar-refractivity contribution >= 4 is 0 Å². The van der Waals surface area contributed by atoms with Gasteiger partial charge in [0.05, 0.1) is 14.2 Å². The molecule has 1 heterocycles. The molecule has 1 aromatic rings. The number of ether oxygens (including phenoxy) is 2. The van der Waals surface area contributed by atoms with E-state index in [1.165, 1.54) is 37.8 Å². The van der Waals surface area contributed by atoms with E-state index in [1.54, 1.807) is 14.2 Å². The molecule has 3 nitrogen and oxygen atoms in total. The van der Waals surface area contributed by atoms with Crippen LogP contribution in [0.2, 0.25) is 0 Å². The molecule has 100 valence electrons. The largest absolute Gasteiger partial charge is 0.497 e. The van der Waals surface area contributed by atoms with E-state index in [-0.39, 0.29) is 0 Å². The highest BCUT2D eigenvalue weighted by atomic mass is 16.5. The minimum absolute atomic E-state index is 0.724. The van der Waals surface area contributed by atoms with Crippen LogP contribution in [0.1, 0.15) is 31.2 Å². The summed E-state index contributed by atoms with van der Waals surface area (Å²) in [4.78, 5) is 0. The standard InChI is InChI=1S/C15H23NO2/c1-17-14-8-9-15(18-2)12(11-14)5-3-6-13-7-4-10-16-13/h8-9,11,13,16H,3-7,10H2,1-2H3. The van der Waals surface area contributed by atoms with Crippen LogP contribution in [0.5, 0.6) is 11.5 Å². The fourth-order valence-corrected chi connectivity index (χ4v) is 2.62. The summed E-state index contributed by atoms with van der Waals surface area (Å²) in [5.41, 5.74) is 1.25. The van der Waals surface area contributed by atoms with Gasteiger partial charge in [0.1, 0.15) is 11.5 Å². The third-order valence-corrected chi connectivity index (χ3v) is 3.65. The van der Waals surface area contributed by atoms with E-state index in [9.17, 15) is 0 Å². The Labute approximate surface area is 109 Å². The maximum absolute atomic E-state index is 5.40. The Morgan fingerprint density at radius 2 is 2.17 bits per heavy atom. The predicted octanol–water partition coefficient (Wildman–Crippen LogP) is 2.78. The molecular formula is C15H23NO2. The van der Waals surface area contributed by atoms with Gasteiger partial charge in [0, 0.05) is 6.04 Å². The van der Waals surface area contributed by atoms with Crippen LogP contribution in [0.15, 0.2) is 18.2 Å². The molecule has 1 fully saturated rings. The van der Waals surface area contributed by atoms with Crippen molar-refractivity contribution in [2.24, 2.45) is 0 Å². The molecule has 0 spiro atoms. The smallest absolute Gasteiger partial charge is 0.122 e. The first kappa shape index (κ1) is 13.2. The van der Waals surface area contributed by atoms with Crippen molar-refractivity contribution < 1.29 is 9.47 Å². The van der Waals surface area contributed by atoms with Gasteiger partial charge in [0.2, 0.25) is 0 Å². The number of hydrogen-bond donors (Lipinski definition) is 1. The van der Waals surface area contributed by atoms with Gasteiger partial charge in [0.15, 0.2) is 0 Å². The van der Waals surface area contributed by atoms with Gasteiger partial charge in [-0.25, -0.2) is 0 Å². The second-order valence-corrected chi connectivity index (χ2v) is 4.86. The minimum atomic E-state index is 0.724. The highest BCUT2D eigenvalue weighted by molar-refractivity contribution is 5.40. The van der Waals surface area contributed by atoms with Crippen molar-refractivity contribution in [2.45, 2.75) is 38.1 Å². The number of benzene rings is 1. The fraction of sp³-hybridized carbons (Fsp3) is 0.600. The predicted molar refractivity (Wildman–Crippen MR) is 73.5 cm³/mol. The van der Waals surface area contributed by atoms with Gasteiger partial charge in [-0.3, -0.25) is 0 Å². The van der Waals surface area contributed by atoms with Gasteiger partial charge < -0.3 is 14.8 Å². The Kier molecular flexibility index (Phi) is 4.88. The molecule has 2 rings (SSSR count). The topological polar surface area (TPSA) is 30.5 Å². The molecule has 18 heavy (non-hydrogen) atoms. The average Bonchev–Trinajstić information content (AvgIpc) is 2.92. The van der Waals surface area contributed by atoms with Gasteiger partial charge in [0.25, 0.3) is 0 Å². The van der Waals surface area contributed by atoms with E-state index in [0.29, 0.717) is 0 Å². The molecule has 1 aromatic carbocycles. The lowest BCUT2D eigenvalue weighted by molar-refractivity contribution is 0.397. The molecule has 1 unspecified atom stereocenters. The summed E-state index contributed by atoms with van der Waals surface area (Å²) in [5, 5.41) is 3.54. The third kappa shape index (κ3) is 3.39. The second-order valence-electron chi connectivity index (χ2n) is 4.86. The van der Waals surface area contributed by atoms with Gasteiger partial charge in [-0.05, 0) is 62.4 Å². The lowest BCUT2D eigenvalue weighted by Crippen LogP contribution is -2.21. The molecule has 1 atom stereocenters. The summed E-state index contributed by atoms with van der Waals surface area (Å²) in [6.45, 7) is 1.19. The molecule has 0 amide bonds. The van der Waals surface area contributed by atoms with Crippen molar-refractivity contribution in [3.63, 3.8) is 0 Å². The van der Waals surface area contributed by atoms with Gasteiger partial charge in [-0.2, -0.15) is 0 Å². The summed E-state index contributed by atoms with van der Waals surface area (Å²) in [5.74, 6) is 1.87. The summed E-state index contributed by atoms with van der Waals surface area (Å²) in [6, 6.07) is 6.74. The number of hydrogen-bond acceptors (Lipinski definition) is 3. The Morgan fingerprint density at radius 3 is 2.83 bits per heavy atom. The van der Waals surface area contributed by atoms with E-state index < -0.39 is 0 Å². The molecule has 1 N–H and O–H groups in total. The molecule has 0 aromatic heterocycles. The van der Waals surface area contributed by atoms with Crippen LogP contribution >= 0.6 is 0 Å². The van der Waals surface area contributed by atoms with Crippen LogP contribution in [0.4, 0.5) is 0 Å². The van der Waals surface area contributed by atoms with Crippen LogP contribution < -0.4 is 14.8 Å². The Bertz CT molecular complexity index is 373. The zero-order chi connectivity index (χ0) is 12.8. The molecule has 1 aliphatic heterocycles. The Hall–Kier alpha value is -1.22. The summed E-state index contributed by atoms with van der Waals surface area (Å²) in [7, 11) is 3.43. The minimum Gasteiger partial charge on any atom is -0.497 e. The number of rotatable bonds is 6. The molecule has 1 saturated heterocycles. The van der Waals surface area contributed by atoms with Crippen LogP contribution in [0.25, 0.3) is 0 Å². The fourth-order valence-electron chi connectivity index (χ4n) is 2.62. The molecule has 0 aliphatic carbocycles. The SMILES string of the molecule is COc1ccc(OC)c(CCCC2CCCN2)c1. The van der Waals surface area contributed by atoms with Crippen molar-refractivity contribution in [2.75, 3.05) is 20.8 Å². The van der Waals surface area contributed by atoms with Crippen molar-refractivity contribution in [1.82, 2.24) is 5.32 Å². The van der Waals surface area contributed by atoms with Crippen molar-refractivity contribution in [3.05, 3.63) is 23.8 Å². The zero-order valence-corrected chi connectivity index (χ0v) is 11.4. The first-order chi connectivity index (χ1) is 8.83. The molecule has 3 heteroatoms. The number of aryl methyl sites for hydroxylation is 1. The summed E-state index contributed by atoms with van der Waals surface area (Å²) >= 11 is 0. The third-order valence-electron chi connectivity index (χ3n) is 3.65. The highest BCUT2D eigenvalue weighted by Crippen LogP contribution is 2.26. The summed E-state index contributed by atoms with van der Waals surface area (Å²) < 4.78 is 10.7. The molecule has 1 aliphatic rings. The van der Waals surface area contributed by atoms with E-state index >= 15 is 0 Å². The average molecular weight is 249 g/mol. The molecular weight excluding hydrogens is 226 g/mol. The maximum Gasteiger partial charge on any atom is 0.122 e. The molecule has 0 radical (unpaired) electrons. The Balaban J connectivity index is 1.89. The van der Waals surface area contributed by atoms with E-state index in [0.717, 1.165) is 24.0 Å². The highest BCUT2D eigenvalue weighted by Gasteiger charge is 2.13. The van der Waals surface area contributed by atoms with Crippen LogP contribution in [0, 0.1) is 0 Å². The monoisotopic (exact) mass is 249 g/mol. The first-order valence-corrected chi connectivity index (χ1v) is 6.78. The number of methoxy groups -OCH3 is 2. The van der Waals surface area contributed by atoms with Crippen molar-refractivity contribution in [1.29, 1.82) is 0 Å². The van der Waals surface area contributed by atoms with Gasteiger partial charge in [-0.1, -0.05) is 0 Å². The normalized spacial score (nSPS) is 18.9. The quantitative estimate of drug-likeness (QED) is 0.841. The van der Waals surface area contributed by atoms with E-state index in [4.69, 9.17) is 9.47 Å². The molecule has 0 bridgehead atoms. The zero-order valence-electron chi connectivity index (χ0n) is 11.4. The van der Waals surface area contributed by atoms with Crippen LogP contribution in [0.3, 0.4) is 0 Å². The van der Waals surface area contributed by atoms with E-state index in [2.05, 4.69) is 11.4 Å². The maximum atomic E-state index is 5.40. The lowest BCUT2D eigenvalue weighted by Gasteiger charge is -2.12. The van der Waals surface area contributed by atoms with Gasteiger partial charge >= 0.3 is 0 Å². The van der Waals surface area contributed by atoms with Crippen LogP contribution in [-0.4, -0.2) is 26.8 Å². The lowest BCUT2D eigenvalue weighted by atomic mass is 10.0. The van der Waals surface area contributed by atoms with Crippen LogP contribution in [-0.2, 0) is 6.42 Å². The Morgan fingerprint density at radius 1 is 1.28 bits per heavy atom. The van der Waals surface area contributed by atoms with Gasteiger partial charge in [-0.15, -0.1) is 0 Å².